The van der Waals surface area contributed by atoms with E-state index in [1.807, 2.05) is 0 Å². The van der Waals surface area contributed by atoms with Crippen LogP contribution in [0, 0.1) is 24.0 Å². The number of hydrogen-bond acceptors (Lipinski definition) is 6. The molecule has 0 spiro atoms. The molecule has 2 aromatic carbocycles. The zero-order valence-corrected chi connectivity index (χ0v) is 18.2. The van der Waals surface area contributed by atoms with E-state index < -0.39 is 11.0 Å². The summed E-state index contributed by atoms with van der Waals surface area (Å²) in [5.74, 6) is -0.285. The maximum absolute atomic E-state index is 12.5. The van der Waals surface area contributed by atoms with E-state index in [0.29, 0.717) is 34.9 Å². The molecule has 166 valence electrons. The SMILES string of the molecule is COC(=O)N(C)c1ccc(NC(=O)c2ccc(Cn3nc(C)c([N+](=O)[O-])c3C)cc2)cc1. The lowest BCUT2D eigenvalue weighted by molar-refractivity contribution is -0.386. The number of nitrogens with zero attached hydrogens (tertiary/aromatic N) is 4. The molecule has 0 aliphatic rings. The van der Waals surface area contributed by atoms with Crippen molar-refractivity contribution < 1.29 is 19.2 Å². The van der Waals surface area contributed by atoms with Crippen molar-refractivity contribution >= 4 is 29.1 Å². The van der Waals surface area contributed by atoms with E-state index in [1.54, 1.807) is 74.1 Å². The molecule has 3 aromatic rings. The Morgan fingerprint density at radius 2 is 1.75 bits per heavy atom. The van der Waals surface area contributed by atoms with Gasteiger partial charge in [-0.2, -0.15) is 5.10 Å². The van der Waals surface area contributed by atoms with Crippen molar-refractivity contribution in [1.82, 2.24) is 9.78 Å². The Kier molecular flexibility index (Phi) is 6.53. The molecule has 3 rings (SSSR count). The van der Waals surface area contributed by atoms with Crippen LogP contribution in [0.15, 0.2) is 48.5 Å². The highest BCUT2D eigenvalue weighted by Gasteiger charge is 2.21. The molecule has 1 heterocycles. The average molecular weight is 437 g/mol. The Morgan fingerprint density at radius 1 is 1.12 bits per heavy atom. The molecule has 1 N–H and O–H groups in total. The van der Waals surface area contributed by atoms with Crippen molar-refractivity contribution in [3.05, 3.63) is 81.2 Å². The Morgan fingerprint density at radius 3 is 2.28 bits per heavy atom. The number of nitro groups is 1. The molecular formula is C22H23N5O5. The fourth-order valence-corrected chi connectivity index (χ4v) is 3.25. The molecule has 0 bridgehead atoms. The fourth-order valence-electron chi connectivity index (χ4n) is 3.25. The molecule has 10 nitrogen and oxygen atoms in total. The van der Waals surface area contributed by atoms with Crippen LogP contribution in [-0.2, 0) is 11.3 Å². The van der Waals surface area contributed by atoms with Crippen LogP contribution in [0.5, 0.6) is 0 Å². The number of aryl methyl sites for hydroxylation is 1. The van der Waals surface area contributed by atoms with Gasteiger partial charge in [-0.25, -0.2) is 4.79 Å². The minimum absolute atomic E-state index is 0.0183. The van der Waals surface area contributed by atoms with E-state index in [0.717, 1.165) is 5.56 Å². The van der Waals surface area contributed by atoms with Crippen molar-refractivity contribution in [3.63, 3.8) is 0 Å². The summed E-state index contributed by atoms with van der Waals surface area (Å²) in [5.41, 5.74) is 3.40. The van der Waals surface area contributed by atoms with Crippen LogP contribution in [-0.4, -0.2) is 40.9 Å². The van der Waals surface area contributed by atoms with Gasteiger partial charge >= 0.3 is 11.8 Å². The second-order valence-corrected chi connectivity index (χ2v) is 7.16. The molecule has 0 aliphatic heterocycles. The van der Waals surface area contributed by atoms with E-state index >= 15 is 0 Å². The number of benzene rings is 2. The Bertz CT molecular complexity index is 1150. The van der Waals surface area contributed by atoms with Gasteiger partial charge in [0.1, 0.15) is 11.4 Å². The van der Waals surface area contributed by atoms with E-state index in [2.05, 4.69) is 15.2 Å². The number of hydrogen-bond donors (Lipinski definition) is 1. The zero-order chi connectivity index (χ0) is 23.4. The third kappa shape index (κ3) is 4.75. The summed E-state index contributed by atoms with van der Waals surface area (Å²) >= 11 is 0. The van der Waals surface area contributed by atoms with E-state index in [4.69, 9.17) is 0 Å². The van der Waals surface area contributed by atoms with Gasteiger partial charge < -0.3 is 10.1 Å². The third-order valence-electron chi connectivity index (χ3n) is 5.04. The lowest BCUT2D eigenvalue weighted by Gasteiger charge is -2.16. The lowest BCUT2D eigenvalue weighted by atomic mass is 10.1. The van der Waals surface area contributed by atoms with Gasteiger partial charge in [0.05, 0.1) is 18.6 Å². The van der Waals surface area contributed by atoms with Crippen molar-refractivity contribution in [3.8, 4) is 0 Å². The summed E-state index contributed by atoms with van der Waals surface area (Å²) in [5, 5.41) is 18.2. The normalized spacial score (nSPS) is 10.5. The number of carbonyl (C=O) groups excluding carboxylic acids is 2. The number of carbonyl (C=O) groups is 2. The standard InChI is InChI=1S/C22H23N5O5/c1-14-20(27(30)31)15(2)26(24-14)13-16-5-7-17(8-6-16)21(28)23-18-9-11-19(12-10-18)25(3)22(29)32-4/h5-12H,13H2,1-4H3,(H,23,28). The predicted octanol–water partition coefficient (Wildman–Crippen LogP) is 3.91. The molecule has 0 saturated heterocycles. The molecule has 32 heavy (non-hydrogen) atoms. The number of ether oxygens (including phenoxy) is 1. The third-order valence-corrected chi connectivity index (χ3v) is 5.04. The molecule has 0 unspecified atom stereocenters. The number of nitrogens with one attached hydrogen (secondary N) is 1. The van der Waals surface area contributed by atoms with Gasteiger partial charge in [0, 0.05) is 24.0 Å². The smallest absolute Gasteiger partial charge is 0.413 e. The minimum atomic E-state index is -0.489. The quantitative estimate of drug-likeness (QED) is 0.461. The molecule has 0 fully saturated rings. The summed E-state index contributed by atoms with van der Waals surface area (Å²) in [6.07, 6.45) is -0.489. The van der Waals surface area contributed by atoms with Crippen molar-refractivity contribution in [2.24, 2.45) is 0 Å². The van der Waals surface area contributed by atoms with Crippen LogP contribution in [0.4, 0.5) is 21.9 Å². The van der Waals surface area contributed by atoms with Gasteiger partial charge in [-0.05, 0) is 55.8 Å². The number of aromatic nitrogens is 2. The first-order valence-electron chi connectivity index (χ1n) is 9.71. The van der Waals surface area contributed by atoms with Crippen LogP contribution in [0.2, 0.25) is 0 Å². The predicted molar refractivity (Wildman–Crippen MR) is 119 cm³/mol. The van der Waals surface area contributed by atoms with Gasteiger partial charge in [-0.1, -0.05) is 12.1 Å². The molecule has 0 aliphatic carbocycles. The molecule has 0 saturated carbocycles. The number of anilines is 2. The topological polar surface area (TPSA) is 120 Å². The van der Waals surface area contributed by atoms with Crippen LogP contribution in [0.25, 0.3) is 0 Å². The maximum atomic E-state index is 12.5. The maximum Gasteiger partial charge on any atom is 0.413 e. The second-order valence-electron chi connectivity index (χ2n) is 7.16. The molecule has 2 amide bonds. The molecule has 0 atom stereocenters. The van der Waals surface area contributed by atoms with Crippen molar-refractivity contribution in [2.45, 2.75) is 20.4 Å². The van der Waals surface area contributed by atoms with Gasteiger partial charge in [-0.15, -0.1) is 0 Å². The average Bonchev–Trinajstić information content (AvgIpc) is 3.06. The summed E-state index contributed by atoms with van der Waals surface area (Å²) in [6, 6.07) is 13.7. The Balaban J connectivity index is 1.66. The van der Waals surface area contributed by atoms with Crippen LogP contribution < -0.4 is 10.2 Å². The first-order valence-corrected chi connectivity index (χ1v) is 9.71. The Hall–Kier alpha value is -4.21. The highest BCUT2D eigenvalue weighted by atomic mass is 16.6. The van der Waals surface area contributed by atoms with E-state index in [9.17, 15) is 19.7 Å². The Labute approximate surface area is 184 Å². The molecule has 10 heteroatoms. The monoisotopic (exact) mass is 437 g/mol. The summed E-state index contributed by atoms with van der Waals surface area (Å²) in [7, 11) is 2.89. The summed E-state index contributed by atoms with van der Waals surface area (Å²) < 4.78 is 6.25. The van der Waals surface area contributed by atoms with E-state index in [1.165, 1.54) is 12.0 Å². The molecular weight excluding hydrogens is 414 g/mol. The summed E-state index contributed by atoms with van der Waals surface area (Å²) in [4.78, 5) is 36.2. The van der Waals surface area contributed by atoms with Gasteiger partial charge in [0.15, 0.2) is 0 Å². The van der Waals surface area contributed by atoms with Crippen LogP contribution in [0.1, 0.15) is 27.3 Å². The van der Waals surface area contributed by atoms with Gasteiger partial charge in [0.2, 0.25) is 0 Å². The number of methoxy groups -OCH3 is 1. The second kappa shape index (κ2) is 9.29. The number of amides is 2. The molecule has 0 radical (unpaired) electrons. The molecule has 1 aromatic heterocycles. The first-order chi connectivity index (χ1) is 15.2. The van der Waals surface area contributed by atoms with Crippen LogP contribution >= 0.6 is 0 Å². The highest BCUT2D eigenvalue weighted by Crippen LogP contribution is 2.23. The minimum Gasteiger partial charge on any atom is -0.452 e. The first kappa shape index (κ1) is 22.5. The lowest BCUT2D eigenvalue weighted by Crippen LogP contribution is -2.25. The highest BCUT2D eigenvalue weighted by molar-refractivity contribution is 6.04. The number of rotatable bonds is 6. The van der Waals surface area contributed by atoms with Crippen molar-refractivity contribution in [2.75, 3.05) is 24.4 Å². The van der Waals surface area contributed by atoms with Crippen LogP contribution in [0.3, 0.4) is 0 Å². The summed E-state index contributed by atoms with van der Waals surface area (Å²) in [6.45, 7) is 3.63. The fraction of sp³-hybridized carbons (Fsp3) is 0.227. The van der Waals surface area contributed by atoms with Crippen molar-refractivity contribution in [1.29, 1.82) is 0 Å². The largest absolute Gasteiger partial charge is 0.452 e. The van der Waals surface area contributed by atoms with Gasteiger partial charge in [0.25, 0.3) is 5.91 Å². The zero-order valence-electron chi connectivity index (χ0n) is 18.2. The van der Waals surface area contributed by atoms with E-state index in [-0.39, 0.29) is 11.6 Å². The van der Waals surface area contributed by atoms with Gasteiger partial charge in [-0.3, -0.25) is 24.5 Å².